The number of aliphatic hydroxyl groups is 1. The zero-order chi connectivity index (χ0) is 12.3. The van der Waals surface area contributed by atoms with Gasteiger partial charge in [-0.25, -0.2) is 8.78 Å². The van der Waals surface area contributed by atoms with Crippen LogP contribution in [-0.4, -0.2) is 10.1 Å². The molecule has 2 rings (SSSR count). The topological polar surface area (TPSA) is 33.1 Å². The van der Waals surface area contributed by atoms with Crippen molar-refractivity contribution in [2.45, 2.75) is 12.5 Å². The predicted molar refractivity (Wildman–Crippen MR) is 59.3 cm³/mol. The molecule has 1 atom stereocenters. The molecule has 0 saturated carbocycles. The van der Waals surface area contributed by atoms with Gasteiger partial charge < -0.3 is 5.11 Å². The Morgan fingerprint density at radius 1 is 1.12 bits per heavy atom. The number of hydrogen-bond donors (Lipinski definition) is 1. The number of halogens is 2. The molecular formula is C13H11F2NO. The zero-order valence-electron chi connectivity index (χ0n) is 8.98. The van der Waals surface area contributed by atoms with E-state index in [1.807, 2.05) is 0 Å². The molecule has 0 amide bonds. The highest BCUT2D eigenvalue weighted by atomic mass is 19.1. The first-order valence-electron chi connectivity index (χ1n) is 5.19. The monoisotopic (exact) mass is 235 g/mol. The Kier molecular flexibility index (Phi) is 3.44. The number of rotatable bonds is 3. The second-order valence-corrected chi connectivity index (χ2v) is 3.75. The van der Waals surface area contributed by atoms with Gasteiger partial charge in [0.15, 0.2) is 0 Å². The van der Waals surface area contributed by atoms with Crippen LogP contribution in [0.4, 0.5) is 8.78 Å². The van der Waals surface area contributed by atoms with Crippen LogP contribution in [0.2, 0.25) is 0 Å². The van der Waals surface area contributed by atoms with Gasteiger partial charge in [-0.05, 0) is 29.8 Å². The van der Waals surface area contributed by atoms with Gasteiger partial charge in [0.25, 0.3) is 0 Å². The summed E-state index contributed by atoms with van der Waals surface area (Å²) in [6, 6.07) is 8.36. The highest BCUT2D eigenvalue weighted by Crippen LogP contribution is 2.17. The average molecular weight is 235 g/mol. The van der Waals surface area contributed by atoms with Crippen LogP contribution in [0.25, 0.3) is 0 Å². The lowest BCUT2D eigenvalue weighted by Crippen LogP contribution is -2.04. The summed E-state index contributed by atoms with van der Waals surface area (Å²) in [5, 5.41) is 9.85. The van der Waals surface area contributed by atoms with Crippen molar-refractivity contribution in [2.24, 2.45) is 0 Å². The lowest BCUT2D eigenvalue weighted by molar-refractivity contribution is 0.173. The quantitative estimate of drug-likeness (QED) is 0.887. The molecule has 0 bridgehead atoms. The Morgan fingerprint density at radius 3 is 2.41 bits per heavy atom. The van der Waals surface area contributed by atoms with E-state index in [0.717, 1.165) is 6.07 Å². The molecule has 88 valence electrons. The van der Waals surface area contributed by atoms with Crippen molar-refractivity contribution in [3.05, 3.63) is 65.5 Å². The Labute approximate surface area is 97.6 Å². The third-order valence-corrected chi connectivity index (χ3v) is 2.38. The van der Waals surface area contributed by atoms with E-state index in [0.29, 0.717) is 11.3 Å². The van der Waals surface area contributed by atoms with E-state index in [4.69, 9.17) is 0 Å². The molecule has 1 heterocycles. The van der Waals surface area contributed by atoms with Gasteiger partial charge >= 0.3 is 0 Å². The van der Waals surface area contributed by atoms with Crippen LogP contribution in [0.5, 0.6) is 0 Å². The largest absolute Gasteiger partial charge is 0.386 e. The molecule has 0 aliphatic rings. The van der Waals surface area contributed by atoms with E-state index in [9.17, 15) is 13.9 Å². The molecule has 0 aliphatic heterocycles. The summed E-state index contributed by atoms with van der Waals surface area (Å²) in [4.78, 5) is 3.98. The third kappa shape index (κ3) is 3.07. The molecule has 0 saturated heterocycles. The lowest BCUT2D eigenvalue weighted by atomic mass is 10.0. The van der Waals surface area contributed by atoms with E-state index in [1.165, 1.54) is 12.1 Å². The van der Waals surface area contributed by atoms with Gasteiger partial charge in [0.2, 0.25) is 0 Å². The van der Waals surface area contributed by atoms with Crippen LogP contribution in [0, 0.1) is 11.6 Å². The summed E-state index contributed by atoms with van der Waals surface area (Å²) in [6.45, 7) is 0. The fourth-order valence-electron chi connectivity index (χ4n) is 1.63. The van der Waals surface area contributed by atoms with Gasteiger partial charge in [-0.15, -0.1) is 0 Å². The summed E-state index contributed by atoms with van der Waals surface area (Å²) in [7, 11) is 0. The Balaban J connectivity index is 2.16. The smallest absolute Gasteiger partial charge is 0.126 e. The maximum atomic E-state index is 12.9. The molecule has 2 aromatic rings. The molecule has 0 fully saturated rings. The Bertz CT molecular complexity index is 482. The van der Waals surface area contributed by atoms with Crippen molar-refractivity contribution in [1.82, 2.24) is 4.98 Å². The van der Waals surface area contributed by atoms with Crippen LogP contribution in [0.15, 0.2) is 42.6 Å². The van der Waals surface area contributed by atoms with Crippen molar-refractivity contribution >= 4 is 0 Å². The van der Waals surface area contributed by atoms with E-state index >= 15 is 0 Å². The molecule has 1 aromatic heterocycles. The Hall–Kier alpha value is -1.81. The van der Waals surface area contributed by atoms with Gasteiger partial charge in [0.05, 0.1) is 11.8 Å². The van der Waals surface area contributed by atoms with Crippen LogP contribution in [0.1, 0.15) is 17.4 Å². The van der Waals surface area contributed by atoms with Crippen LogP contribution in [-0.2, 0) is 6.42 Å². The first-order valence-corrected chi connectivity index (χ1v) is 5.19. The van der Waals surface area contributed by atoms with E-state index in [1.54, 1.807) is 24.4 Å². The van der Waals surface area contributed by atoms with Crippen molar-refractivity contribution in [2.75, 3.05) is 0 Å². The highest BCUT2D eigenvalue weighted by Gasteiger charge is 2.10. The number of nitrogens with zero attached hydrogens (tertiary/aromatic N) is 1. The Morgan fingerprint density at radius 2 is 1.82 bits per heavy atom. The summed E-state index contributed by atoms with van der Waals surface area (Å²) in [6.07, 6.45) is 0.827. The predicted octanol–water partition coefficient (Wildman–Crippen LogP) is 2.64. The molecule has 1 aromatic carbocycles. The van der Waals surface area contributed by atoms with Crippen molar-refractivity contribution in [3.63, 3.8) is 0 Å². The van der Waals surface area contributed by atoms with Gasteiger partial charge in [-0.1, -0.05) is 6.07 Å². The van der Waals surface area contributed by atoms with E-state index in [2.05, 4.69) is 4.98 Å². The molecule has 1 N–H and O–H groups in total. The normalized spacial score (nSPS) is 12.4. The molecule has 0 radical (unpaired) electrons. The fourth-order valence-corrected chi connectivity index (χ4v) is 1.63. The second-order valence-electron chi connectivity index (χ2n) is 3.75. The van der Waals surface area contributed by atoms with Gasteiger partial charge in [-0.2, -0.15) is 0 Å². The number of benzene rings is 1. The maximum absolute atomic E-state index is 12.9. The molecule has 2 nitrogen and oxygen atoms in total. The number of aromatic nitrogens is 1. The number of pyridine rings is 1. The summed E-state index contributed by atoms with van der Waals surface area (Å²) in [5.74, 6) is -1.29. The minimum Gasteiger partial charge on any atom is -0.386 e. The number of hydrogen-bond acceptors (Lipinski definition) is 2. The van der Waals surface area contributed by atoms with E-state index < -0.39 is 17.7 Å². The fraction of sp³-hybridized carbons (Fsp3) is 0.154. The molecule has 1 unspecified atom stereocenters. The van der Waals surface area contributed by atoms with Crippen LogP contribution in [0.3, 0.4) is 0 Å². The molecule has 0 spiro atoms. The van der Waals surface area contributed by atoms with Crippen LogP contribution >= 0.6 is 0 Å². The molecule has 17 heavy (non-hydrogen) atoms. The lowest BCUT2D eigenvalue weighted by Gasteiger charge is -2.10. The van der Waals surface area contributed by atoms with Crippen molar-refractivity contribution < 1.29 is 13.9 Å². The van der Waals surface area contributed by atoms with Crippen LogP contribution < -0.4 is 0 Å². The molecular weight excluding hydrogens is 224 g/mol. The summed E-state index contributed by atoms with van der Waals surface area (Å²) < 4.78 is 25.9. The zero-order valence-corrected chi connectivity index (χ0v) is 8.98. The average Bonchev–Trinajstić information content (AvgIpc) is 2.28. The van der Waals surface area contributed by atoms with Crippen molar-refractivity contribution in [3.8, 4) is 0 Å². The first kappa shape index (κ1) is 11.7. The summed E-state index contributed by atoms with van der Waals surface area (Å²) >= 11 is 0. The van der Waals surface area contributed by atoms with Crippen molar-refractivity contribution in [1.29, 1.82) is 0 Å². The molecule has 4 heteroatoms. The minimum atomic E-state index is -0.864. The first-order chi connectivity index (χ1) is 8.15. The molecule has 0 aliphatic carbocycles. The minimum absolute atomic E-state index is 0.131. The van der Waals surface area contributed by atoms with E-state index in [-0.39, 0.29) is 6.42 Å². The van der Waals surface area contributed by atoms with Gasteiger partial charge in [0.1, 0.15) is 11.6 Å². The standard InChI is InChI=1S/C13H11F2NO/c14-10-5-9(6-11(15)8-10)7-13(17)12-3-1-2-4-16-12/h1-6,8,13,17H,7H2. The summed E-state index contributed by atoms with van der Waals surface area (Å²) in [5.41, 5.74) is 0.887. The SMILES string of the molecule is OC(Cc1cc(F)cc(F)c1)c1ccccn1. The second kappa shape index (κ2) is 5.01. The van der Waals surface area contributed by atoms with Gasteiger partial charge in [-0.3, -0.25) is 4.98 Å². The highest BCUT2D eigenvalue weighted by molar-refractivity contribution is 5.20. The maximum Gasteiger partial charge on any atom is 0.126 e. The van der Waals surface area contributed by atoms with Gasteiger partial charge in [0, 0.05) is 18.7 Å². The third-order valence-electron chi connectivity index (χ3n) is 2.38. The number of aliphatic hydroxyl groups excluding tert-OH is 1.